The molecule has 2 aromatic rings. The van der Waals surface area contributed by atoms with Gasteiger partial charge in [-0.05, 0) is 24.3 Å². The van der Waals surface area contributed by atoms with Gasteiger partial charge >= 0.3 is 12.1 Å². The van der Waals surface area contributed by atoms with Crippen LogP contribution >= 0.6 is 0 Å². The molecule has 0 aliphatic carbocycles. The van der Waals surface area contributed by atoms with Gasteiger partial charge in [-0.3, -0.25) is 4.79 Å². The summed E-state index contributed by atoms with van der Waals surface area (Å²) in [7, 11) is 3.72. The summed E-state index contributed by atoms with van der Waals surface area (Å²) in [6.07, 6.45) is -4.55. The zero-order valence-electron chi connectivity index (χ0n) is 14.0. The Labute approximate surface area is 146 Å². The molecule has 0 saturated carbocycles. The predicted octanol–water partition coefficient (Wildman–Crippen LogP) is 2.67. The van der Waals surface area contributed by atoms with Gasteiger partial charge in [0.1, 0.15) is 11.3 Å². The molecule has 0 fully saturated rings. The van der Waals surface area contributed by atoms with Crippen molar-refractivity contribution < 1.29 is 37.0 Å². The maximum Gasteiger partial charge on any atom is 0.416 e. The Morgan fingerprint density at radius 3 is 2.12 bits per heavy atom. The molecule has 0 aliphatic rings. The van der Waals surface area contributed by atoms with Crippen molar-refractivity contribution in [2.45, 2.75) is 12.5 Å². The zero-order valence-corrected chi connectivity index (χ0v) is 14.0. The maximum atomic E-state index is 12.6. The number of esters is 1. The Kier molecular flexibility index (Phi) is 5.78. The normalized spacial score (nSPS) is 11.7. The predicted molar refractivity (Wildman–Crippen MR) is 81.5 cm³/mol. The molecule has 0 amide bonds. The van der Waals surface area contributed by atoms with E-state index in [1.807, 2.05) is 0 Å². The first-order valence-corrected chi connectivity index (χ1v) is 7.18. The lowest BCUT2D eigenvalue weighted by Gasteiger charge is -2.16. The fourth-order valence-electron chi connectivity index (χ4n) is 2.26. The van der Waals surface area contributed by atoms with Gasteiger partial charge in [-0.25, -0.2) is 4.79 Å². The van der Waals surface area contributed by atoms with E-state index in [9.17, 15) is 22.8 Å². The van der Waals surface area contributed by atoms with E-state index in [0.717, 1.165) is 42.3 Å². The van der Waals surface area contributed by atoms with Gasteiger partial charge in [0.05, 0.1) is 18.9 Å². The van der Waals surface area contributed by atoms with Crippen molar-refractivity contribution >= 4 is 11.9 Å². The van der Waals surface area contributed by atoms with Gasteiger partial charge in [0.25, 0.3) is 5.91 Å². The Balaban J connectivity index is 2.48. The molecule has 0 N–H and O–H groups in total. The maximum absolute atomic E-state index is 12.6. The van der Waals surface area contributed by atoms with Crippen LogP contribution in [0.3, 0.4) is 0 Å². The molecular formula is C16H15F3N2O5. The van der Waals surface area contributed by atoms with Crippen LogP contribution in [0.1, 0.15) is 38.3 Å². The molecule has 1 aromatic heterocycles. The summed E-state index contributed by atoms with van der Waals surface area (Å²) in [5.41, 5.74) is -1.06. The number of alkyl halides is 3. The lowest BCUT2D eigenvalue weighted by molar-refractivity contribution is -0.137. The van der Waals surface area contributed by atoms with Gasteiger partial charge in [-0.2, -0.15) is 23.0 Å². The van der Waals surface area contributed by atoms with E-state index in [4.69, 9.17) is 9.47 Å². The molecule has 140 valence electrons. The Morgan fingerprint density at radius 2 is 1.65 bits per heavy atom. The molecule has 0 bridgehead atoms. The van der Waals surface area contributed by atoms with Gasteiger partial charge in [0.15, 0.2) is 0 Å². The molecule has 1 aromatic carbocycles. The summed E-state index contributed by atoms with van der Waals surface area (Å²) >= 11 is 0. The number of carbonyl (C=O) groups excluding carboxylic acids is 2. The quantitative estimate of drug-likeness (QED) is 0.593. The molecule has 2 rings (SSSR count). The monoisotopic (exact) mass is 372 g/mol. The highest BCUT2D eigenvalue weighted by molar-refractivity contribution is 5.98. The largest absolute Gasteiger partial charge is 0.465 e. The highest BCUT2D eigenvalue weighted by atomic mass is 19.4. The van der Waals surface area contributed by atoms with Crippen molar-refractivity contribution in [3.05, 3.63) is 52.8 Å². The number of nitrogens with zero attached hydrogens (tertiary/aromatic N) is 2. The molecule has 0 unspecified atom stereocenters. The number of aromatic nitrogens is 2. The van der Waals surface area contributed by atoms with Crippen LogP contribution in [-0.2, 0) is 20.4 Å². The average Bonchev–Trinajstić information content (AvgIpc) is 3.06. The Morgan fingerprint density at radius 1 is 1.08 bits per heavy atom. The minimum atomic E-state index is -4.52. The molecule has 0 atom stereocenters. The molecular weight excluding hydrogens is 357 g/mol. The number of methoxy groups -OCH3 is 3. The van der Waals surface area contributed by atoms with Crippen LogP contribution in [0.25, 0.3) is 0 Å². The number of rotatable bonds is 5. The molecule has 0 aliphatic heterocycles. The number of ether oxygens (including phenoxy) is 3. The van der Waals surface area contributed by atoms with Gasteiger partial charge in [0.2, 0.25) is 6.29 Å². The van der Waals surface area contributed by atoms with Crippen LogP contribution in [0.4, 0.5) is 13.2 Å². The first-order valence-electron chi connectivity index (χ1n) is 7.18. The summed E-state index contributed by atoms with van der Waals surface area (Å²) in [6, 6.07) is 3.59. The second-order valence-electron chi connectivity index (χ2n) is 5.03. The van der Waals surface area contributed by atoms with Crippen molar-refractivity contribution in [3.8, 4) is 0 Å². The summed E-state index contributed by atoms with van der Waals surface area (Å²) in [5, 5.41) is 3.83. The highest BCUT2D eigenvalue weighted by Crippen LogP contribution is 2.29. The second kappa shape index (κ2) is 7.67. The van der Waals surface area contributed by atoms with Gasteiger partial charge in [-0.1, -0.05) is 0 Å². The van der Waals surface area contributed by atoms with Crippen LogP contribution in [0, 0.1) is 0 Å². The van der Waals surface area contributed by atoms with Crippen LogP contribution < -0.4 is 0 Å². The fourth-order valence-corrected chi connectivity index (χ4v) is 2.26. The minimum absolute atomic E-state index is 0.0354. The third-order valence-corrected chi connectivity index (χ3v) is 3.51. The number of carbonyl (C=O) groups is 2. The Hall–Kier alpha value is -2.72. The van der Waals surface area contributed by atoms with Crippen molar-refractivity contribution in [3.63, 3.8) is 0 Å². The SMILES string of the molecule is COC(=O)c1cnn(C(=O)c2ccc(C(F)(F)F)cc2)c1C(OC)OC. The topological polar surface area (TPSA) is 79.7 Å². The van der Waals surface area contributed by atoms with Crippen molar-refractivity contribution in [1.82, 2.24) is 9.78 Å². The second-order valence-corrected chi connectivity index (χ2v) is 5.03. The number of hydrogen-bond donors (Lipinski definition) is 0. The third-order valence-electron chi connectivity index (χ3n) is 3.51. The van der Waals surface area contributed by atoms with Crippen LogP contribution in [-0.4, -0.2) is 43.0 Å². The summed E-state index contributed by atoms with van der Waals surface area (Å²) in [5.74, 6) is -1.53. The molecule has 0 spiro atoms. The van der Waals surface area contributed by atoms with Crippen molar-refractivity contribution in [2.24, 2.45) is 0 Å². The number of benzene rings is 1. The molecule has 10 heteroatoms. The van der Waals surface area contributed by atoms with E-state index in [2.05, 4.69) is 9.84 Å². The molecule has 0 radical (unpaired) electrons. The average molecular weight is 372 g/mol. The molecule has 7 nitrogen and oxygen atoms in total. The van der Waals surface area contributed by atoms with Gasteiger partial charge in [-0.15, -0.1) is 0 Å². The number of hydrogen-bond acceptors (Lipinski definition) is 6. The smallest absolute Gasteiger partial charge is 0.416 e. The summed E-state index contributed by atoms with van der Waals surface area (Å²) < 4.78 is 53.6. The van der Waals surface area contributed by atoms with Gasteiger partial charge < -0.3 is 14.2 Å². The van der Waals surface area contributed by atoms with E-state index in [-0.39, 0.29) is 16.8 Å². The number of halogens is 3. The highest BCUT2D eigenvalue weighted by Gasteiger charge is 2.31. The Bertz CT molecular complexity index is 795. The van der Waals surface area contributed by atoms with E-state index >= 15 is 0 Å². The standard InChI is InChI=1S/C16H15F3N2O5/c1-24-14(23)11-8-20-21(12(11)15(25-2)26-3)13(22)9-4-6-10(7-5-9)16(17,18)19/h4-8,15H,1-3H3. The van der Waals surface area contributed by atoms with Crippen LogP contribution in [0.5, 0.6) is 0 Å². The fraction of sp³-hybridized carbons (Fsp3) is 0.312. The first kappa shape index (κ1) is 19.6. The van der Waals surface area contributed by atoms with Gasteiger partial charge in [0, 0.05) is 19.8 Å². The third kappa shape index (κ3) is 3.75. The molecule has 1 heterocycles. The lowest BCUT2D eigenvalue weighted by atomic mass is 10.1. The lowest BCUT2D eigenvalue weighted by Crippen LogP contribution is -2.22. The van der Waals surface area contributed by atoms with E-state index in [1.165, 1.54) is 14.2 Å². The summed E-state index contributed by atoms with van der Waals surface area (Å²) in [6.45, 7) is 0. The molecule has 0 saturated heterocycles. The first-order chi connectivity index (χ1) is 12.2. The van der Waals surface area contributed by atoms with E-state index in [1.54, 1.807) is 0 Å². The van der Waals surface area contributed by atoms with E-state index < -0.39 is 29.9 Å². The molecule has 26 heavy (non-hydrogen) atoms. The van der Waals surface area contributed by atoms with E-state index in [0.29, 0.717) is 0 Å². The summed E-state index contributed by atoms with van der Waals surface area (Å²) in [4.78, 5) is 24.5. The van der Waals surface area contributed by atoms with Crippen LogP contribution in [0.15, 0.2) is 30.5 Å². The van der Waals surface area contributed by atoms with Crippen LogP contribution in [0.2, 0.25) is 0 Å². The zero-order chi connectivity index (χ0) is 19.5. The minimum Gasteiger partial charge on any atom is -0.465 e. The van der Waals surface area contributed by atoms with Crippen molar-refractivity contribution in [1.29, 1.82) is 0 Å². The van der Waals surface area contributed by atoms with Crippen molar-refractivity contribution in [2.75, 3.05) is 21.3 Å².